The van der Waals surface area contributed by atoms with Crippen molar-refractivity contribution in [1.82, 2.24) is 68.4 Å². The highest BCUT2D eigenvalue weighted by molar-refractivity contribution is 5.98. The number of phenols is 2. The van der Waals surface area contributed by atoms with Crippen LogP contribution in [0.4, 0.5) is 4.79 Å². The summed E-state index contributed by atoms with van der Waals surface area (Å²) in [4.78, 5) is 157. The van der Waals surface area contributed by atoms with Crippen molar-refractivity contribution < 1.29 is 78.3 Å². The summed E-state index contributed by atoms with van der Waals surface area (Å²) in [5.74, 6) is -9.72. The number of urea groups is 1. The van der Waals surface area contributed by atoms with Crippen LogP contribution in [0.25, 0.3) is 10.8 Å². The van der Waals surface area contributed by atoms with Gasteiger partial charge in [-0.2, -0.15) is 0 Å². The first-order chi connectivity index (χ1) is 48.6. The van der Waals surface area contributed by atoms with Gasteiger partial charge < -0.3 is 95.1 Å². The van der Waals surface area contributed by atoms with E-state index in [4.69, 9.17) is 16.9 Å². The molecule has 0 saturated carbocycles. The molecule has 1 fully saturated rings. The maximum Gasteiger partial charge on any atom is 0.325 e. The number of nitrogens with two attached hydrogens (primary N) is 2. The molecule has 0 bridgehead atoms. The molecule has 0 spiro atoms. The third-order valence-electron chi connectivity index (χ3n) is 16.8. The Labute approximate surface area is 589 Å². The lowest BCUT2D eigenvalue weighted by Crippen LogP contribution is -2.62. The second-order valence-corrected chi connectivity index (χ2v) is 25.5. The Hall–Kier alpha value is -11.0. The number of aliphatic hydroxyl groups is 2. The second kappa shape index (κ2) is 39.7. The van der Waals surface area contributed by atoms with E-state index in [2.05, 4.69) is 63.5 Å². The maximum atomic E-state index is 14.9. The van der Waals surface area contributed by atoms with Gasteiger partial charge in [0.2, 0.25) is 53.2 Å². The minimum atomic E-state index is -1.84. The molecule has 2 heterocycles. The zero-order chi connectivity index (χ0) is 74.6. The highest BCUT2D eigenvalue weighted by Crippen LogP contribution is 2.22. The lowest BCUT2D eigenvalue weighted by molar-refractivity contribution is -0.144. The molecule has 21 N–H and O–H groups in total. The summed E-state index contributed by atoms with van der Waals surface area (Å²) in [6.45, 7) is 5.03. The summed E-state index contributed by atoms with van der Waals surface area (Å²) >= 11 is 0. The number of hydrogen-bond acceptors (Lipinski definition) is 18. The molecule has 102 heavy (non-hydrogen) atoms. The van der Waals surface area contributed by atoms with Crippen LogP contribution in [0.15, 0.2) is 116 Å². The largest absolute Gasteiger partial charge is 0.508 e. The fraction of sp³-hybridized carbons (Fsp3) is 0.443. The number of hydrogen-bond donors (Lipinski definition) is 19. The molecular formula is C70H94N16O16. The summed E-state index contributed by atoms with van der Waals surface area (Å²) in [5.41, 5.74) is 12.9. The van der Waals surface area contributed by atoms with Gasteiger partial charge in [0.25, 0.3) is 0 Å². The normalized spacial score (nSPS) is 15.6. The number of carbonyl (C=O) groups is 11. The third kappa shape index (κ3) is 25.9. The van der Waals surface area contributed by atoms with E-state index >= 15 is 0 Å². The standard InChI is InChI=1S/C70H94N16O16/c1-39(2)31-52(60(92)80-51(15-9-28-75-69(71)72)67(99)86-30-10-16-58(86)66(98)77-40(3)68(100)101)81-59(91)50(14-8-29-76-70(73)102)79-62(94)54(33-42-18-23-48(89)24-19-42)84-65(97)57(38-87)85-64(96)56(36-45-11-7-27-74-37-45)83-63(95)55(34-43-20-25-49(90)26-21-43)82-61(93)53(78-41(4)88)35-44-17-22-46-12-5-6-13-47(46)32-44/h5-7,11-13,17-27,32,37,39-40,50-58,63,83,87,89-90,95H,8-10,14-16,28-31,33-36,38H2,1-4H3,(H,77,98)(H,78,88)(H,79,94)(H,80,92)(H,81,91)(H,82,93)(H,84,97)(H,85,96)(H,100,101)(H4,71,72,75)(H3,73,76,102)/t40-,50-,51+,52+,53-,54+,55-,56-,57+,58+,63?/m1/s1. The van der Waals surface area contributed by atoms with Crippen molar-refractivity contribution in [3.05, 3.63) is 138 Å². The summed E-state index contributed by atoms with van der Waals surface area (Å²) in [7, 11) is 0. The predicted octanol–water partition coefficient (Wildman–Crippen LogP) is -1.06. The fourth-order valence-electron chi connectivity index (χ4n) is 11.6. The number of guanidine groups is 1. The van der Waals surface area contributed by atoms with Gasteiger partial charge in [-0.3, -0.25) is 63.7 Å². The van der Waals surface area contributed by atoms with Crippen LogP contribution in [0.2, 0.25) is 0 Å². The van der Waals surface area contributed by atoms with Crippen LogP contribution in [0.3, 0.4) is 0 Å². The van der Waals surface area contributed by atoms with Crippen LogP contribution in [0, 0.1) is 11.3 Å². The van der Waals surface area contributed by atoms with E-state index in [1.54, 1.807) is 38.1 Å². The lowest BCUT2D eigenvalue weighted by atomic mass is 9.99. The Morgan fingerprint density at radius 2 is 1.10 bits per heavy atom. The third-order valence-corrected chi connectivity index (χ3v) is 16.8. The molecule has 0 aliphatic carbocycles. The topological polar surface area (TPSA) is 513 Å². The predicted molar refractivity (Wildman–Crippen MR) is 374 cm³/mol. The molecule has 32 nitrogen and oxygen atoms in total. The van der Waals surface area contributed by atoms with Crippen LogP contribution in [-0.2, 0) is 73.6 Å². The molecule has 1 aliphatic rings. The van der Waals surface area contributed by atoms with Gasteiger partial charge in [-0.25, -0.2) is 4.79 Å². The summed E-state index contributed by atoms with van der Waals surface area (Å²) < 4.78 is 0. The van der Waals surface area contributed by atoms with Gasteiger partial charge in [0.1, 0.15) is 66.1 Å². The monoisotopic (exact) mass is 1410 g/mol. The molecule has 1 unspecified atom stereocenters. The minimum Gasteiger partial charge on any atom is -0.508 e. The van der Waals surface area contributed by atoms with Crippen molar-refractivity contribution in [3.8, 4) is 11.5 Å². The lowest BCUT2D eigenvalue weighted by Gasteiger charge is -2.31. The Kier molecular flexibility index (Phi) is 31.1. The molecule has 1 saturated heterocycles. The number of likely N-dealkylation sites (tertiary alicyclic amines) is 1. The number of aromatic nitrogens is 1. The Morgan fingerprint density at radius 3 is 1.71 bits per heavy atom. The first-order valence-corrected chi connectivity index (χ1v) is 33.6. The van der Waals surface area contributed by atoms with Crippen LogP contribution in [0.5, 0.6) is 11.5 Å². The molecule has 11 amide bonds. The van der Waals surface area contributed by atoms with E-state index in [0.29, 0.717) is 28.7 Å². The van der Waals surface area contributed by atoms with Crippen molar-refractivity contribution in [3.63, 3.8) is 0 Å². The summed E-state index contributed by atoms with van der Waals surface area (Å²) in [6.07, 6.45) is 0.909. The van der Waals surface area contributed by atoms with Crippen molar-refractivity contribution in [1.29, 1.82) is 5.41 Å². The molecule has 1 aromatic heterocycles. The van der Waals surface area contributed by atoms with Gasteiger partial charge >= 0.3 is 12.0 Å². The molecule has 0 radical (unpaired) electrons. The van der Waals surface area contributed by atoms with Gasteiger partial charge in [0.15, 0.2) is 5.96 Å². The van der Waals surface area contributed by atoms with Gasteiger partial charge in [-0.05, 0) is 134 Å². The van der Waals surface area contributed by atoms with Crippen LogP contribution < -0.4 is 70.0 Å². The van der Waals surface area contributed by atoms with E-state index in [1.165, 1.54) is 67.5 Å². The number of carboxylic acids is 1. The average Bonchev–Trinajstić information content (AvgIpc) is 1.13. The summed E-state index contributed by atoms with van der Waals surface area (Å²) in [5, 5.41) is 91.3. The SMILES string of the molecule is CC(=O)N[C@H](Cc1ccc2ccccc2c1)C(=O)N[C@H](Cc1ccc(O)cc1)C(O)N[C@H](Cc1cccnc1)C(=O)N[C@@H](CO)C(=O)N[C@@H](Cc1ccc(O)cc1)C(=O)N[C@H](CCCNC(N)=O)C(=O)N[C@@H](CC(C)C)C(=O)N[C@@H](CCCNC(=N)N)C(=O)N1CCC[C@H]1C(=O)N[C@H](C)C(=O)O. The number of carbonyl (C=O) groups excluding carboxylic acids is 10. The Bertz CT molecular complexity index is 3700. The van der Waals surface area contributed by atoms with Gasteiger partial charge in [-0.1, -0.05) is 86.6 Å². The fourth-order valence-corrected chi connectivity index (χ4v) is 11.6. The Morgan fingerprint density at radius 1 is 0.578 bits per heavy atom. The van der Waals surface area contributed by atoms with Crippen LogP contribution >= 0.6 is 0 Å². The molecule has 32 heteroatoms. The van der Waals surface area contributed by atoms with Crippen molar-refractivity contribution in [2.45, 2.75) is 165 Å². The van der Waals surface area contributed by atoms with E-state index in [0.717, 1.165) is 10.8 Å². The maximum absolute atomic E-state index is 14.9. The number of rotatable bonds is 39. The number of aromatic hydroxyl groups is 2. The number of benzene rings is 4. The van der Waals surface area contributed by atoms with Gasteiger partial charge in [0.05, 0.1) is 18.7 Å². The number of amides is 11. The number of carboxylic acid groups (broad SMARTS) is 1. The van der Waals surface area contributed by atoms with E-state index in [1.807, 2.05) is 42.5 Å². The number of aliphatic hydroxyl groups excluding tert-OH is 2. The first-order valence-electron chi connectivity index (χ1n) is 33.6. The van der Waals surface area contributed by atoms with Gasteiger partial charge in [0, 0.05) is 51.8 Å². The number of pyridine rings is 1. The second-order valence-electron chi connectivity index (χ2n) is 25.5. The van der Waals surface area contributed by atoms with Crippen LogP contribution in [0.1, 0.15) is 94.9 Å². The quantitative estimate of drug-likeness (QED) is 0.00965. The molecule has 550 valence electrons. The number of aliphatic carboxylic acids is 1. The zero-order valence-electron chi connectivity index (χ0n) is 57.3. The van der Waals surface area contributed by atoms with E-state index < -0.39 is 138 Å². The number of phenolic OH excluding ortho intramolecular Hbond substituents is 2. The Balaban J connectivity index is 1.25. The molecule has 1 aliphatic heterocycles. The zero-order valence-corrected chi connectivity index (χ0v) is 57.3. The number of fused-ring (bicyclic) bond motifs is 1. The van der Waals surface area contributed by atoms with Crippen molar-refractivity contribution in [2.24, 2.45) is 17.4 Å². The highest BCUT2D eigenvalue weighted by Gasteiger charge is 2.40. The summed E-state index contributed by atoms with van der Waals surface area (Å²) in [6, 6.07) is 12.9. The molecular weight excluding hydrogens is 1320 g/mol. The van der Waals surface area contributed by atoms with Gasteiger partial charge in [-0.15, -0.1) is 0 Å². The molecule has 5 aromatic rings. The smallest absolute Gasteiger partial charge is 0.325 e. The van der Waals surface area contributed by atoms with E-state index in [9.17, 15) is 78.3 Å². The minimum absolute atomic E-state index is 0.00675. The van der Waals surface area contributed by atoms with E-state index in [-0.39, 0.29) is 107 Å². The molecule has 11 atom stereocenters. The number of nitrogens with zero attached hydrogens (tertiary/aromatic N) is 2. The van der Waals surface area contributed by atoms with Crippen molar-refractivity contribution in [2.75, 3.05) is 26.2 Å². The highest BCUT2D eigenvalue weighted by atomic mass is 16.4. The number of nitrogens with one attached hydrogen (secondary N) is 12. The molecule has 6 rings (SSSR count). The number of primary amides is 1. The molecule has 4 aromatic carbocycles. The first kappa shape index (κ1) is 80.0. The van der Waals surface area contributed by atoms with Crippen LogP contribution in [-0.4, -0.2) is 199 Å². The average molecular weight is 1420 g/mol. The van der Waals surface area contributed by atoms with Crippen molar-refractivity contribution >= 4 is 81.9 Å².